The van der Waals surface area contributed by atoms with E-state index in [1.165, 1.54) is 38.1 Å². The van der Waals surface area contributed by atoms with E-state index in [0.717, 1.165) is 11.3 Å². The third-order valence-corrected chi connectivity index (χ3v) is 16.6. The molecule has 1 saturated heterocycles. The first kappa shape index (κ1) is 71.7. The molecule has 0 bridgehead atoms. The number of benzene rings is 1. The number of imide groups is 1. The fourth-order valence-electron chi connectivity index (χ4n) is 11.4. The van der Waals surface area contributed by atoms with E-state index in [1.807, 2.05) is 48.5 Å². The van der Waals surface area contributed by atoms with Gasteiger partial charge in [-0.05, 0) is 86.8 Å². The molecule has 10 atom stereocenters. The van der Waals surface area contributed by atoms with E-state index >= 15 is 0 Å². The molecule has 84 heavy (non-hydrogen) atoms. The zero-order valence-electron chi connectivity index (χ0n) is 52.4. The molecule has 0 aromatic heterocycles. The van der Waals surface area contributed by atoms with Crippen molar-refractivity contribution in [2.75, 3.05) is 53.3 Å². The average molecular weight is 1180 g/mol. The van der Waals surface area contributed by atoms with Gasteiger partial charge in [0.15, 0.2) is 11.6 Å². The number of primary amides is 1. The van der Waals surface area contributed by atoms with Gasteiger partial charge in [0.25, 0.3) is 11.8 Å². The van der Waals surface area contributed by atoms with Crippen LogP contribution in [0.2, 0.25) is 0 Å². The molecule has 0 aliphatic carbocycles. The van der Waals surface area contributed by atoms with Crippen molar-refractivity contribution in [2.24, 2.45) is 47.2 Å². The third-order valence-electron chi connectivity index (χ3n) is 16.6. The van der Waals surface area contributed by atoms with Crippen molar-refractivity contribution < 1.29 is 67.0 Å². The Morgan fingerprint density at radius 2 is 1.42 bits per heavy atom. The first-order chi connectivity index (χ1) is 39.6. The number of ether oxygens (including phenoxy) is 3. The van der Waals surface area contributed by atoms with E-state index in [-0.39, 0.29) is 128 Å². The number of ketones is 3. The van der Waals surface area contributed by atoms with Gasteiger partial charge in [0.05, 0.1) is 42.8 Å². The van der Waals surface area contributed by atoms with Gasteiger partial charge in [0, 0.05) is 103 Å². The number of nitrogens with one attached hydrogen (secondary N) is 3. The molecule has 3 rings (SSSR count). The van der Waals surface area contributed by atoms with Crippen LogP contribution < -0.4 is 21.7 Å². The molecule has 2 unspecified atom stereocenters. The fourth-order valence-corrected chi connectivity index (χ4v) is 11.4. The number of likely N-dealkylation sites (tertiary alicyclic amines) is 1. The Morgan fingerprint density at radius 3 is 1.96 bits per heavy atom. The Hall–Kier alpha value is -6.55. The summed E-state index contributed by atoms with van der Waals surface area (Å²) >= 11 is 0. The number of hydrogen-bond acceptors (Lipinski definition) is 14. The number of nitrogens with two attached hydrogens (primary N) is 1. The number of rotatable bonds is 37. The van der Waals surface area contributed by atoms with Crippen LogP contribution in [0, 0.1) is 41.4 Å². The first-order valence-electron chi connectivity index (χ1n) is 29.9. The van der Waals surface area contributed by atoms with E-state index in [9.17, 15) is 52.7 Å². The normalized spacial score (nSPS) is 17.5. The molecule has 0 spiro atoms. The second-order valence-corrected chi connectivity index (χ2v) is 23.8. The number of amides is 9. The first-order valence-corrected chi connectivity index (χ1v) is 29.9. The van der Waals surface area contributed by atoms with Gasteiger partial charge in [-0.25, -0.2) is 9.59 Å². The molecule has 5 N–H and O–H groups in total. The van der Waals surface area contributed by atoms with Crippen molar-refractivity contribution in [3.05, 3.63) is 42.0 Å². The van der Waals surface area contributed by atoms with Gasteiger partial charge in [0.1, 0.15) is 12.4 Å². The number of carbonyl (C=O) groups is 11. The maximum atomic E-state index is 14.7. The number of anilines is 1. The summed E-state index contributed by atoms with van der Waals surface area (Å²) in [7, 11) is 6.26. The van der Waals surface area contributed by atoms with Crippen molar-refractivity contribution in [3.8, 4) is 0 Å². The Balaban J connectivity index is 1.66. The van der Waals surface area contributed by atoms with Crippen LogP contribution in [0.4, 0.5) is 15.3 Å². The van der Waals surface area contributed by atoms with Crippen molar-refractivity contribution in [3.63, 3.8) is 0 Å². The molecular weight excluding hydrogens is 1080 g/mol. The maximum Gasteiger partial charge on any atom is 0.410 e. The summed E-state index contributed by atoms with van der Waals surface area (Å²) in [4.78, 5) is 151. The SMILES string of the molecule is CC[C@H](C)C([C@@H](CC(=O)N1CCC[C@H]1[C@H](OC)[C@@H](C)C(C)=O)OC)N(C)C(=O)[C@@H](CC(=O)[C@H](C(C)C)N(C)C(=O)OCc1ccc(NC(=O)[C@H](CCCNC(N)=O)CC(=O)C(NC(=O)CCCCCN2C(=O)C=CC2=O)C(C)C)cc1)C(C)C. The second kappa shape index (κ2) is 35.0. The Morgan fingerprint density at radius 1 is 0.774 bits per heavy atom. The van der Waals surface area contributed by atoms with Gasteiger partial charge in [-0.3, -0.25) is 48.1 Å². The predicted octanol–water partition coefficient (Wildman–Crippen LogP) is 6.61. The number of urea groups is 1. The van der Waals surface area contributed by atoms with Gasteiger partial charge in [0.2, 0.25) is 23.6 Å². The molecule has 22 nitrogen and oxygen atoms in total. The van der Waals surface area contributed by atoms with E-state index in [1.54, 1.807) is 62.1 Å². The fraction of sp³-hybridized carbons (Fsp3) is 0.694. The van der Waals surface area contributed by atoms with Gasteiger partial charge in [-0.15, -0.1) is 0 Å². The van der Waals surface area contributed by atoms with E-state index in [2.05, 4.69) is 16.0 Å². The maximum absolute atomic E-state index is 14.7. The highest BCUT2D eigenvalue weighted by Gasteiger charge is 2.43. The predicted molar refractivity (Wildman–Crippen MR) is 317 cm³/mol. The topological polar surface area (TPSA) is 291 Å². The summed E-state index contributed by atoms with van der Waals surface area (Å²) in [6, 6.07) is 3.17. The van der Waals surface area contributed by atoms with Crippen LogP contribution in [0.1, 0.15) is 152 Å². The lowest BCUT2D eigenvalue weighted by atomic mass is 9.83. The molecule has 0 radical (unpaired) electrons. The smallest absolute Gasteiger partial charge is 0.410 e. The quantitative estimate of drug-likeness (QED) is 0.0403. The van der Waals surface area contributed by atoms with Crippen LogP contribution in [0.3, 0.4) is 0 Å². The molecular formula is C62H98N8O14. The number of unbranched alkanes of at least 4 members (excludes halogenated alkanes) is 2. The van der Waals surface area contributed by atoms with Crippen molar-refractivity contribution in [2.45, 2.75) is 189 Å². The van der Waals surface area contributed by atoms with Crippen molar-refractivity contribution >= 4 is 70.6 Å². The minimum absolute atomic E-state index is 0.00666. The highest BCUT2D eigenvalue weighted by atomic mass is 16.6. The molecule has 9 amide bonds. The summed E-state index contributed by atoms with van der Waals surface area (Å²) in [5.41, 5.74) is 6.21. The van der Waals surface area contributed by atoms with E-state index in [4.69, 9.17) is 19.9 Å². The molecule has 2 heterocycles. The standard InChI is InChI=1S/C62H98N8O14/c1-15-40(8)57(50(82-13)35-54(77)69-32-20-22-47(69)58(83-14)41(9)42(10)71)67(11)60(79)46(37(2)3)34-49(73)56(39(6)7)68(12)62(81)84-36-43-24-26-45(27-25-43)65-59(78)44(21-19-30-64-61(63)80)33-48(72)55(38(4)5)66-51(74)23-17-16-18-31-70-52(75)28-29-53(70)76/h24-29,37-41,44,46-47,50,55-58H,15-23,30-36H2,1-14H3,(H,65,78)(H,66,74)(H3,63,64,80)/t40-,41-,44+,46-,47-,50+,55?,56-,57?,58+/m0/s1. The molecule has 2 aliphatic heterocycles. The summed E-state index contributed by atoms with van der Waals surface area (Å²) < 4.78 is 17.5. The highest BCUT2D eigenvalue weighted by molar-refractivity contribution is 6.12. The van der Waals surface area contributed by atoms with Crippen LogP contribution in [-0.4, -0.2) is 169 Å². The zero-order chi connectivity index (χ0) is 63.1. The number of likely N-dealkylation sites (N-methyl/N-ethyl adjacent to an activating group) is 2. The van der Waals surface area contributed by atoms with Gasteiger partial charge in [-0.1, -0.05) is 87.3 Å². The zero-order valence-corrected chi connectivity index (χ0v) is 52.4. The minimum Gasteiger partial charge on any atom is -0.445 e. The number of nitrogens with zero attached hydrogens (tertiary/aromatic N) is 4. The summed E-state index contributed by atoms with van der Waals surface area (Å²) in [6.07, 6.45) is 4.53. The van der Waals surface area contributed by atoms with Crippen LogP contribution in [0.5, 0.6) is 0 Å². The van der Waals surface area contributed by atoms with Crippen LogP contribution in [0.15, 0.2) is 36.4 Å². The highest BCUT2D eigenvalue weighted by Crippen LogP contribution is 2.32. The van der Waals surface area contributed by atoms with Crippen LogP contribution >= 0.6 is 0 Å². The molecule has 470 valence electrons. The van der Waals surface area contributed by atoms with Gasteiger partial charge >= 0.3 is 12.1 Å². The molecule has 2 aliphatic rings. The second-order valence-electron chi connectivity index (χ2n) is 23.8. The molecule has 22 heteroatoms. The number of methoxy groups -OCH3 is 2. The van der Waals surface area contributed by atoms with Crippen molar-refractivity contribution in [1.29, 1.82) is 0 Å². The third kappa shape index (κ3) is 21.2. The molecule has 1 aromatic carbocycles. The summed E-state index contributed by atoms with van der Waals surface area (Å²) in [5.74, 6) is -5.71. The monoisotopic (exact) mass is 1180 g/mol. The summed E-state index contributed by atoms with van der Waals surface area (Å²) in [6.45, 7) is 19.1. The number of hydrogen-bond donors (Lipinski definition) is 4. The lowest BCUT2D eigenvalue weighted by Crippen LogP contribution is -2.54. The Kier molecular flexibility index (Phi) is 29.9. The number of Topliss-reactive ketones (excluding diaryl/α,β-unsaturated/α-hetero) is 3. The Labute approximate surface area is 497 Å². The van der Waals surface area contributed by atoms with Crippen LogP contribution in [0.25, 0.3) is 0 Å². The van der Waals surface area contributed by atoms with Gasteiger partial charge in [-0.2, -0.15) is 0 Å². The van der Waals surface area contributed by atoms with Gasteiger partial charge < -0.3 is 50.6 Å². The largest absolute Gasteiger partial charge is 0.445 e. The minimum atomic E-state index is -0.944. The van der Waals surface area contributed by atoms with Crippen LogP contribution in [-0.2, 0) is 64.0 Å². The van der Waals surface area contributed by atoms with E-state index in [0.29, 0.717) is 56.3 Å². The molecule has 1 fully saturated rings. The Bertz CT molecular complexity index is 2430. The molecule has 0 saturated carbocycles. The summed E-state index contributed by atoms with van der Waals surface area (Å²) in [5, 5.41) is 8.18. The molecule has 1 aromatic rings. The number of carbonyl (C=O) groups excluding carboxylic acids is 11. The lowest BCUT2D eigenvalue weighted by molar-refractivity contribution is -0.149. The van der Waals surface area contributed by atoms with E-state index < -0.39 is 66.1 Å². The lowest BCUT2D eigenvalue weighted by Gasteiger charge is -2.41. The van der Waals surface area contributed by atoms with Crippen molar-refractivity contribution in [1.82, 2.24) is 30.2 Å². The average Bonchev–Trinajstić information content (AvgIpc) is 2.77.